The lowest BCUT2D eigenvalue weighted by molar-refractivity contribution is 0.355. The molecule has 7 nitrogen and oxygen atoms in total. The second kappa shape index (κ2) is 7.11. The summed E-state index contributed by atoms with van der Waals surface area (Å²) in [5, 5.41) is 0. The van der Waals surface area contributed by atoms with Crippen LogP contribution in [0.25, 0.3) is 22.6 Å². The third kappa shape index (κ3) is 2.96. The first-order valence-electron chi connectivity index (χ1n) is 8.62. The Morgan fingerprint density at radius 1 is 0.857 bits per heavy atom. The van der Waals surface area contributed by atoms with Crippen LogP contribution >= 0.6 is 0 Å². The van der Waals surface area contributed by atoms with Gasteiger partial charge >= 0.3 is 0 Å². The summed E-state index contributed by atoms with van der Waals surface area (Å²) in [5.41, 5.74) is 2.39. The molecule has 7 heteroatoms. The van der Waals surface area contributed by atoms with Crippen molar-refractivity contribution in [3.63, 3.8) is 0 Å². The molecule has 0 atom stereocenters. The van der Waals surface area contributed by atoms with Crippen LogP contribution in [0.2, 0.25) is 0 Å². The van der Waals surface area contributed by atoms with Gasteiger partial charge in [0.1, 0.15) is 5.75 Å². The monoisotopic (exact) mass is 377 g/mol. The van der Waals surface area contributed by atoms with E-state index in [1.54, 1.807) is 56.3 Å². The Labute approximate surface area is 161 Å². The highest BCUT2D eigenvalue weighted by atomic mass is 16.5. The Morgan fingerprint density at radius 2 is 1.61 bits per heavy atom. The van der Waals surface area contributed by atoms with Crippen LogP contribution in [0.15, 0.2) is 65.8 Å². The zero-order valence-corrected chi connectivity index (χ0v) is 15.7. The van der Waals surface area contributed by atoms with Crippen LogP contribution in [0.5, 0.6) is 17.2 Å². The van der Waals surface area contributed by atoms with E-state index in [4.69, 9.17) is 14.2 Å². The summed E-state index contributed by atoms with van der Waals surface area (Å²) in [6.45, 7) is 0. The van der Waals surface area contributed by atoms with E-state index in [2.05, 4.69) is 4.98 Å². The van der Waals surface area contributed by atoms with Gasteiger partial charge in [0.2, 0.25) is 5.65 Å². The Balaban J connectivity index is 1.80. The molecular weight excluding hydrogens is 358 g/mol. The van der Waals surface area contributed by atoms with Gasteiger partial charge < -0.3 is 18.6 Å². The summed E-state index contributed by atoms with van der Waals surface area (Å²) in [6.07, 6.45) is 5.33. The number of nitrogens with zero attached hydrogens (tertiary/aromatic N) is 3. The van der Waals surface area contributed by atoms with Gasteiger partial charge in [0.05, 0.1) is 32.7 Å². The number of imidazole rings is 1. The molecule has 2 aromatic heterocycles. The minimum atomic E-state index is -0.227. The molecule has 0 N–H and O–H groups in total. The van der Waals surface area contributed by atoms with Gasteiger partial charge in [-0.05, 0) is 36.4 Å². The van der Waals surface area contributed by atoms with Crippen LogP contribution in [0.4, 0.5) is 0 Å². The molecular formula is C21H19N3O4. The maximum Gasteiger partial charge on any atom is 0.298 e. The molecule has 0 radical (unpaired) electrons. The van der Waals surface area contributed by atoms with Gasteiger partial charge in [0, 0.05) is 30.2 Å². The van der Waals surface area contributed by atoms with Crippen LogP contribution in [0.1, 0.15) is 0 Å². The summed E-state index contributed by atoms with van der Waals surface area (Å²) in [7, 11) is 4.75. The van der Waals surface area contributed by atoms with Gasteiger partial charge in [-0.2, -0.15) is 0 Å². The van der Waals surface area contributed by atoms with Crippen molar-refractivity contribution in [2.45, 2.75) is 0 Å². The zero-order valence-electron chi connectivity index (χ0n) is 15.7. The van der Waals surface area contributed by atoms with E-state index in [0.29, 0.717) is 28.5 Å². The highest BCUT2D eigenvalue weighted by Crippen LogP contribution is 2.29. The number of methoxy groups -OCH3 is 3. The standard InChI is InChI=1S/C21H19N3O4/c1-26-16-7-4-14(5-8-16)17-13-23-10-11-24(21(25)20(23)22-17)15-6-9-18(27-2)19(12-15)28-3/h4-13H,1-3H3. The van der Waals surface area contributed by atoms with Gasteiger partial charge in [-0.15, -0.1) is 0 Å². The van der Waals surface area contributed by atoms with E-state index in [-0.39, 0.29) is 5.56 Å². The average molecular weight is 377 g/mol. The maximum absolute atomic E-state index is 13.0. The molecule has 0 unspecified atom stereocenters. The van der Waals surface area contributed by atoms with Crippen molar-refractivity contribution in [2.75, 3.05) is 21.3 Å². The highest BCUT2D eigenvalue weighted by Gasteiger charge is 2.12. The largest absolute Gasteiger partial charge is 0.497 e. The van der Waals surface area contributed by atoms with E-state index in [9.17, 15) is 4.79 Å². The first-order valence-corrected chi connectivity index (χ1v) is 8.62. The Bertz CT molecular complexity index is 1190. The summed E-state index contributed by atoms with van der Waals surface area (Å²) < 4.78 is 19.0. The number of aromatic nitrogens is 3. The Hall–Kier alpha value is -3.74. The highest BCUT2D eigenvalue weighted by molar-refractivity contribution is 5.63. The van der Waals surface area contributed by atoms with E-state index in [0.717, 1.165) is 11.3 Å². The second-order valence-corrected chi connectivity index (χ2v) is 6.10. The third-order valence-corrected chi connectivity index (χ3v) is 4.55. The number of ether oxygens (including phenoxy) is 3. The van der Waals surface area contributed by atoms with Crippen molar-refractivity contribution in [3.8, 4) is 34.2 Å². The number of rotatable bonds is 5. The van der Waals surface area contributed by atoms with Gasteiger partial charge in [-0.3, -0.25) is 9.36 Å². The lowest BCUT2D eigenvalue weighted by Crippen LogP contribution is -2.20. The van der Waals surface area contributed by atoms with Crippen molar-refractivity contribution >= 4 is 5.65 Å². The first kappa shape index (κ1) is 17.7. The van der Waals surface area contributed by atoms with Crippen molar-refractivity contribution in [1.82, 2.24) is 14.0 Å². The smallest absolute Gasteiger partial charge is 0.298 e. The van der Waals surface area contributed by atoms with Gasteiger partial charge in [0.15, 0.2) is 11.5 Å². The first-order chi connectivity index (χ1) is 13.6. The molecule has 0 bridgehead atoms. The van der Waals surface area contributed by atoms with Crippen LogP contribution in [-0.4, -0.2) is 35.3 Å². The molecule has 0 aliphatic carbocycles. The van der Waals surface area contributed by atoms with Crippen LogP contribution < -0.4 is 19.8 Å². The normalized spacial score (nSPS) is 10.8. The molecule has 28 heavy (non-hydrogen) atoms. The predicted molar refractivity (Wildman–Crippen MR) is 106 cm³/mol. The molecule has 4 aromatic rings. The molecule has 0 amide bonds. The zero-order chi connectivity index (χ0) is 19.7. The van der Waals surface area contributed by atoms with Crippen molar-refractivity contribution in [1.29, 1.82) is 0 Å². The van der Waals surface area contributed by atoms with Crippen LogP contribution in [-0.2, 0) is 0 Å². The molecule has 2 aromatic carbocycles. The lowest BCUT2D eigenvalue weighted by Gasteiger charge is -2.11. The van der Waals surface area contributed by atoms with E-state index < -0.39 is 0 Å². The Morgan fingerprint density at radius 3 is 2.29 bits per heavy atom. The summed E-state index contributed by atoms with van der Waals surface area (Å²) >= 11 is 0. The van der Waals surface area contributed by atoms with Crippen LogP contribution in [0.3, 0.4) is 0 Å². The van der Waals surface area contributed by atoms with Gasteiger partial charge in [-0.25, -0.2) is 4.98 Å². The predicted octanol–water partition coefficient (Wildman–Crippen LogP) is 3.18. The van der Waals surface area contributed by atoms with E-state index >= 15 is 0 Å². The summed E-state index contributed by atoms with van der Waals surface area (Å²) in [4.78, 5) is 17.5. The molecule has 0 saturated heterocycles. The van der Waals surface area contributed by atoms with Crippen molar-refractivity contribution in [3.05, 3.63) is 71.4 Å². The molecule has 0 aliphatic rings. The van der Waals surface area contributed by atoms with Crippen molar-refractivity contribution in [2.24, 2.45) is 0 Å². The van der Waals surface area contributed by atoms with Crippen LogP contribution in [0, 0.1) is 0 Å². The van der Waals surface area contributed by atoms with Gasteiger partial charge in [0.25, 0.3) is 5.56 Å². The maximum atomic E-state index is 13.0. The molecule has 4 rings (SSSR count). The quantitative estimate of drug-likeness (QED) is 0.534. The minimum Gasteiger partial charge on any atom is -0.497 e. The third-order valence-electron chi connectivity index (χ3n) is 4.55. The van der Waals surface area contributed by atoms with Crippen molar-refractivity contribution < 1.29 is 14.2 Å². The lowest BCUT2D eigenvalue weighted by atomic mass is 10.2. The molecule has 0 spiro atoms. The fourth-order valence-corrected chi connectivity index (χ4v) is 3.06. The Kier molecular flexibility index (Phi) is 4.49. The van der Waals surface area contributed by atoms with Gasteiger partial charge in [-0.1, -0.05) is 0 Å². The summed E-state index contributed by atoms with van der Waals surface area (Å²) in [6, 6.07) is 12.9. The number of hydrogen-bond acceptors (Lipinski definition) is 5. The number of fused-ring (bicyclic) bond motifs is 1. The second-order valence-electron chi connectivity index (χ2n) is 6.10. The molecule has 0 aliphatic heterocycles. The topological polar surface area (TPSA) is 67.0 Å². The fourth-order valence-electron chi connectivity index (χ4n) is 3.06. The fraction of sp³-hybridized carbons (Fsp3) is 0.143. The van der Waals surface area contributed by atoms with E-state index in [1.165, 1.54) is 4.57 Å². The minimum absolute atomic E-state index is 0.227. The average Bonchev–Trinajstić information content (AvgIpc) is 3.19. The molecule has 2 heterocycles. The SMILES string of the molecule is COc1ccc(-c2cn3ccn(-c4ccc(OC)c(OC)c4)c(=O)c3n2)cc1. The number of hydrogen-bond donors (Lipinski definition) is 0. The molecule has 0 fully saturated rings. The van der Waals surface area contributed by atoms with E-state index in [1.807, 2.05) is 30.5 Å². The molecule has 0 saturated carbocycles. The molecule has 142 valence electrons. The number of benzene rings is 2. The summed E-state index contributed by atoms with van der Waals surface area (Å²) in [5.74, 6) is 1.92.